The van der Waals surface area contributed by atoms with Crippen LogP contribution in [0.3, 0.4) is 0 Å². The van der Waals surface area contributed by atoms with Crippen molar-refractivity contribution in [1.82, 2.24) is 10.4 Å². The van der Waals surface area contributed by atoms with Crippen molar-refractivity contribution in [3.63, 3.8) is 0 Å². The van der Waals surface area contributed by atoms with Crippen LogP contribution in [0, 0.1) is 0 Å². The molecule has 0 unspecified atom stereocenters. The normalized spacial score (nSPS) is 14.7. The first kappa shape index (κ1) is 15.1. The quantitative estimate of drug-likeness (QED) is 0.419. The lowest BCUT2D eigenvalue weighted by Gasteiger charge is -1.96. The third-order valence-electron chi connectivity index (χ3n) is 4.46. The van der Waals surface area contributed by atoms with Gasteiger partial charge < -0.3 is 4.98 Å². The van der Waals surface area contributed by atoms with Gasteiger partial charge in [0, 0.05) is 27.5 Å². The molecule has 0 saturated heterocycles. The van der Waals surface area contributed by atoms with Gasteiger partial charge in [-0.25, -0.2) is 5.43 Å². The molecule has 5 heteroatoms. The Kier molecular flexibility index (Phi) is 4.17. The number of para-hydroxylation sites is 1. The number of aryl methyl sites for hydroxylation is 2. The van der Waals surface area contributed by atoms with Crippen LogP contribution in [0.5, 0.6) is 0 Å². The molecule has 0 saturated carbocycles. The minimum Gasteiger partial charge on any atom is -0.361 e. The second-order valence-electron chi connectivity index (χ2n) is 6.11. The van der Waals surface area contributed by atoms with E-state index in [1.807, 2.05) is 36.5 Å². The summed E-state index contributed by atoms with van der Waals surface area (Å²) in [5.41, 5.74) is 6.03. The number of nitrogens with one attached hydrogen (secondary N) is 2. The summed E-state index contributed by atoms with van der Waals surface area (Å²) in [5.74, 6) is -0.121. The van der Waals surface area contributed by atoms with Crippen molar-refractivity contribution in [2.24, 2.45) is 5.10 Å². The monoisotopic (exact) mass is 337 g/mol. The second-order valence-corrected chi connectivity index (χ2v) is 7.25. The highest BCUT2D eigenvalue weighted by Crippen LogP contribution is 2.28. The number of hydrazone groups is 1. The van der Waals surface area contributed by atoms with Gasteiger partial charge >= 0.3 is 0 Å². The third-order valence-corrected chi connectivity index (χ3v) is 5.70. The predicted molar refractivity (Wildman–Crippen MR) is 98.9 cm³/mol. The van der Waals surface area contributed by atoms with Crippen molar-refractivity contribution in [3.8, 4) is 0 Å². The fourth-order valence-electron chi connectivity index (χ4n) is 3.20. The Bertz CT molecular complexity index is 883. The molecule has 0 spiro atoms. The van der Waals surface area contributed by atoms with Crippen LogP contribution in [0.25, 0.3) is 10.9 Å². The lowest BCUT2D eigenvalue weighted by molar-refractivity contribution is 0.0959. The zero-order valence-electron chi connectivity index (χ0n) is 13.3. The Morgan fingerprint density at radius 1 is 1.21 bits per heavy atom. The van der Waals surface area contributed by atoms with Gasteiger partial charge in [-0.2, -0.15) is 5.10 Å². The van der Waals surface area contributed by atoms with Gasteiger partial charge in [-0.3, -0.25) is 4.79 Å². The molecule has 1 aliphatic rings. The van der Waals surface area contributed by atoms with Crippen LogP contribution in [-0.2, 0) is 12.8 Å². The first-order chi connectivity index (χ1) is 11.8. The minimum absolute atomic E-state index is 0.121. The average molecular weight is 337 g/mol. The Morgan fingerprint density at radius 2 is 2.08 bits per heavy atom. The van der Waals surface area contributed by atoms with Crippen molar-refractivity contribution in [3.05, 3.63) is 57.4 Å². The minimum atomic E-state index is -0.121. The third kappa shape index (κ3) is 2.99. The maximum absolute atomic E-state index is 12.3. The van der Waals surface area contributed by atoms with Gasteiger partial charge in [-0.1, -0.05) is 24.6 Å². The molecule has 0 bridgehead atoms. The van der Waals surface area contributed by atoms with E-state index < -0.39 is 0 Å². The van der Waals surface area contributed by atoms with Crippen LogP contribution in [0.15, 0.2) is 41.6 Å². The van der Waals surface area contributed by atoms with Crippen LogP contribution in [0.2, 0.25) is 0 Å². The van der Waals surface area contributed by atoms with Crippen LogP contribution in [0.1, 0.15) is 44.9 Å². The summed E-state index contributed by atoms with van der Waals surface area (Å²) in [4.78, 5) is 17.6. The zero-order valence-corrected chi connectivity index (χ0v) is 14.2. The van der Waals surface area contributed by atoms with Crippen molar-refractivity contribution in [2.45, 2.75) is 32.1 Å². The molecule has 1 aromatic carbocycles. The van der Waals surface area contributed by atoms with E-state index in [1.165, 1.54) is 29.7 Å². The van der Waals surface area contributed by atoms with Crippen LogP contribution >= 0.6 is 11.3 Å². The number of carbonyl (C=O) groups excluding carboxylic acids is 1. The molecule has 24 heavy (non-hydrogen) atoms. The van der Waals surface area contributed by atoms with Gasteiger partial charge in [0.2, 0.25) is 0 Å². The highest BCUT2D eigenvalue weighted by molar-refractivity contribution is 7.14. The fourth-order valence-corrected chi connectivity index (χ4v) is 4.34. The molecule has 0 atom stereocenters. The number of hydrogen-bond acceptors (Lipinski definition) is 3. The summed E-state index contributed by atoms with van der Waals surface area (Å²) in [6.45, 7) is 0. The largest absolute Gasteiger partial charge is 0.361 e. The molecular weight excluding hydrogens is 318 g/mol. The van der Waals surface area contributed by atoms with E-state index in [9.17, 15) is 4.79 Å². The molecule has 0 fully saturated rings. The standard InChI is InChI=1S/C19H19N3OS/c23-19(18-10-13-6-2-1-3-9-17(13)24-18)22-21-12-14-11-20-16-8-5-4-7-15(14)16/h4-5,7-8,10-12,20H,1-3,6,9H2,(H,22,23)/b21-12+. The van der Waals surface area contributed by atoms with Gasteiger partial charge in [0.25, 0.3) is 5.91 Å². The van der Waals surface area contributed by atoms with Crippen molar-refractivity contribution < 1.29 is 4.79 Å². The topological polar surface area (TPSA) is 57.2 Å². The molecule has 2 heterocycles. The lowest BCUT2D eigenvalue weighted by Crippen LogP contribution is -2.16. The van der Waals surface area contributed by atoms with E-state index in [0.29, 0.717) is 0 Å². The molecular formula is C19H19N3OS. The number of aromatic nitrogens is 1. The predicted octanol–water partition coefficient (Wildman–Crippen LogP) is 4.26. The van der Waals surface area contributed by atoms with E-state index >= 15 is 0 Å². The maximum atomic E-state index is 12.3. The zero-order chi connectivity index (χ0) is 16.4. The number of hydrogen-bond donors (Lipinski definition) is 2. The summed E-state index contributed by atoms with van der Waals surface area (Å²) in [6.07, 6.45) is 9.53. The number of fused-ring (bicyclic) bond motifs is 2. The van der Waals surface area contributed by atoms with E-state index in [-0.39, 0.29) is 5.91 Å². The summed E-state index contributed by atoms with van der Waals surface area (Å²) >= 11 is 1.62. The van der Waals surface area contributed by atoms with Gasteiger partial charge in [-0.15, -0.1) is 11.3 Å². The highest BCUT2D eigenvalue weighted by Gasteiger charge is 2.16. The molecule has 3 aromatic rings. The molecule has 4 nitrogen and oxygen atoms in total. The number of amides is 1. The summed E-state index contributed by atoms with van der Waals surface area (Å²) in [5, 5.41) is 5.22. The van der Waals surface area contributed by atoms with Gasteiger partial charge in [0.05, 0.1) is 11.1 Å². The number of carbonyl (C=O) groups is 1. The lowest BCUT2D eigenvalue weighted by atomic mass is 10.1. The van der Waals surface area contributed by atoms with Crippen LogP contribution in [0.4, 0.5) is 0 Å². The van der Waals surface area contributed by atoms with Gasteiger partial charge in [0.15, 0.2) is 0 Å². The van der Waals surface area contributed by atoms with Crippen molar-refractivity contribution in [1.29, 1.82) is 0 Å². The summed E-state index contributed by atoms with van der Waals surface area (Å²) < 4.78 is 0. The number of benzene rings is 1. The van der Waals surface area contributed by atoms with Crippen LogP contribution in [-0.4, -0.2) is 17.1 Å². The van der Waals surface area contributed by atoms with E-state index in [2.05, 4.69) is 15.5 Å². The Labute approximate surface area is 144 Å². The fraction of sp³-hybridized carbons (Fsp3) is 0.263. The smallest absolute Gasteiger partial charge is 0.281 e. The molecule has 1 amide bonds. The first-order valence-corrected chi connectivity index (χ1v) is 9.14. The van der Waals surface area contributed by atoms with Gasteiger partial charge in [0.1, 0.15) is 0 Å². The molecule has 2 N–H and O–H groups in total. The van der Waals surface area contributed by atoms with Crippen molar-refractivity contribution in [2.75, 3.05) is 0 Å². The maximum Gasteiger partial charge on any atom is 0.281 e. The van der Waals surface area contributed by atoms with Gasteiger partial charge in [-0.05, 0) is 43.4 Å². The highest BCUT2D eigenvalue weighted by atomic mass is 32.1. The Morgan fingerprint density at radius 3 is 3.04 bits per heavy atom. The molecule has 1 aliphatic carbocycles. The molecule has 2 aromatic heterocycles. The number of rotatable bonds is 3. The average Bonchev–Trinajstić information content (AvgIpc) is 3.13. The molecule has 4 rings (SSSR count). The SMILES string of the molecule is O=C(N/N=C/c1c[nH]c2ccccc12)c1cc2c(s1)CCCCC2. The number of nitrogens with zero attached hydrogens (tertiary/aromatic N) is 1. The number of aromatic amines is 1. The first-order valence-electron chi connectivity index (χ1n) is 8.32. The molecule has 122 valence electrons. The van der Waals surface area contributed by atoms with Crippen molar-refractivity contribution >= 4 is 34.4 Å². The number of thiophene rings is 1. The van der Waals surface area contributed by atoms with Crippen LogP contribution < -0.4 is 5.43 Å². The molecule has 0 aliphatic heterocycles. The Balaban J connectivity index is 1.46. The summed E-state index contributed by atoms with van der Waals surface area (Å²) in [6, 6.07) is 10.1. The number of H-pyrrole nitrogens is 1. The molecule has 0 radical (unpaired) electrons. The van der Waals surface area contributed by atoms with E-state index in [0.717, 1.165) is 34.2 Å². The summed E-state index contributed by atoms with van der Waals surface area (Å²) in [7, 11) is 0. The Hall–Kier alpha value is -2.40. The second kappa shape index (κ2) is 6.61. The van der Waals surface area contributed by atoms with E-state index in [1.54, 1.807) is 17.6 Å². The van der Waals surface area contributed by atoms with E-state index in [4.69, 9.17) is 0 Å².